The summed E-state index contributed by atoms with van der Waals surface area (Å²) >= 11 is 0. The molecule has 6 aromatic carbocycles. The quantitative estimate of drug-likeness (QED) is 0.252. The van der Waals surface area contributed by atoms with E-state index >= 15 is 0 Å². The molecule has 7 rings (SSSR count). The summed E-state index contributed by atoms with van der Waals surface area (Å²) in [6.45, 7) is 0. The molecule has 0 aliphatic rings. The highest BCUT2D eigenvalue weighted by Gasteiger charge is 2.15. The van der Waals surface area contributed by atoms with Crippen molar-refractivity contribution >= 4 is 27.5 Å². The van der Waals surface area contributed by atoms with Crippen LogP contribution in [0.5, 0.6) is 0 Å². The number of para-hydroxylation sites is 4. The van der Waals surface area contributed by atoms with Crippen LogP contribution in [-0.2, 0) is 0 Å². The van der Waals surface area contributed by atoms with Gasteiger partial charge < -0.3 is 5.73 Å². The van der Waals surface area contributed by atoms with Crippen molar-refractivity contribution in [1.82, 2.24) is 9.55 Å². The lowest BCUT2D eigenvalue weighted by Crippen LogP contribution is -1.97. The van der Waals surface area contributed by atoms with Gasteiger partial charge in [0.25, 0.3) is 0 Å². The number of nitrogens with two attached hydrogens (primary N) is 1. The van der Waals surface area contributed by atoms with Crippen LogP contribution >= 0.6 is 0 Å². The Balaban J connectivity index is 1.35. The highest BCUT2D eigenvalue weighted by molar-refractivity contribution is 6.06. The third-order valence-electron chi connectivity index (χ3n) is 7.20. The van der Waals surface area contributed by atoms with Crippen molar-refractivity contribution < 1.29 is 0 Å². The van der Waals surface area contributed by atoms with Crippen LogP contribution in [0.25, 0.3) is 61.1 Å². The SMILES string of the molecule is Nc1ccccc1-c1ccc(-c2ccc(-c3nc4ccccc4n3-c3ccccc3)cc2)c2ccccc12. The van der Waals surface area contributed by atoms with Gasteiger partial charge in [-0.1, -0.05) is 109 Å². The standard InChI is InChI=1S/C35H25N3/c36-32-15-7-6-14-31(32)30-23-22-27(28-12-4-5-13-29(28)30)24-18-20-25(21-19-24)35-37-33-16-8-9-17-34(33)38(35)26-10-2-1-3-11-26/h1-23H,36H2. The molecule has 1 aromatic heterocycles. The van der Waals surface area contributed by atoms with Crippen LogP contribution in [0.4, 0.5) is 5.69 Å². The lowest BCUT2D eigenvalue weighted by Gasteiger charge is -2.14. The zero-order chi connectivity index (χ0) is 25.5. The number of nitrogens with zero attached hydrogens (tertiary/aromatic N) is 2. The van der Waals surface area contributed by atoms with Crippen molar-refractivity contribution in [3.8, 4) is 39.3 Å². The van der Waals surface area contributed by atoms with Gasteiger partial charge in [0.15, 0.2) is 0 Å². The van der Waals surface area contributed by atoms with Gasteiger partial charge in [-0.05, 0) is 57.8 Å². The Kier molecular flexibility index (Phi) is 5.26. The number of hydrogen-bond donors (Lipinski definition) is 1. The molecule has 0 unspecified atom stereocenters. The zero-order valence-electron chi connectivity index (χ0n) is 20.8. The molecular formula is C35H25N3. The molecule has 0 radical (unpaired) electrons. The minimum absolute atomic E-state index is 0.788. The first-order valence-corrected chi connectivity index (χ1v) is 12.8. The number of hydrogen-bond acceptors (Lipinski definition) is 2. The van der Waals surface area contributed by atoms with Gasteiger partial charge in [-0.3, -0.25) is 4.57 Å². The van der Waals surface area contributed by atoms with Gasteiger partial charge in [0.2, 0.25) is 0 Å². The number of imidazole rings is 1. The molecule has 3 nitrogen and oxygen atoms in total. The van der Waals surface area contributed by atoms with E-state index in [0.717, 1.165) is 44.9 Å². The fraction of sp³-hybridized carbons (Fsp3) is 0. The van der Waals surface area contributed by atoms with E-state index in [9.17, 15) is 0 Å². The predicted octanol–water partition coefficient (Wildman–Crippen LogP) is 8.76. The second kappa shape index (κ2) is 9.06. The summed E-state index contributed by atoms with van der Waals surface area (Å²) in [6.07, 6.45) is 0. The average Bonchev–Trinajstić information content (AvgIpc) is 3.37. The number of fused-ring (bicyclic) bond motifs is 2. The number of nitrogen functional groups attached to an aromatic ring is 1. The highest BCUT2D eigenvalue weighted by atomic mass is 15.1. The number of benzene rings is 6. The molecule has 0 bridgehead atoms. The van der Waals surface area contributed by atoms with Crippen LogP contribution in [0.15, 0.2) is 140 Å². The Morgan fingerprint density at radius 1 is 0.474 bits per heavy atom. The Bertz CT molecular complexity index is 1920. The van der Waals surface area contributed by atoms with Crippen molar-refractivity contribution in [3.63, 3.8) is 0 Å². The van der Waals surface area contributed by atoms with E-state index in [-0.39, 0.29) is 0 Å². The fourth-order valence-corrected chi connectivity index (χ4v) is 5.38. The first kappa shape index (κ1) is 22.1. The third-order valence-corrected chi connectivity index (χ3v) is 7.20. The molecule has 0 saturated carbocycles. The summed E-state index contributed by atoms with van der Waals surface area (Å²) in [5.74, 6) is 0.934. The van der Waals surface area contributed by atoms with Crippen LogP contribution < -0.4 is 5.73 Å². The van der Waals surface area contributed by atoms with Crippen LogP contribution in [0.2, 0.25) is 0 Å². The maximum absolute atomic E-state index is 6.34. The summed E-state index contributed by atoms with van der Waals surface area (Å²) in [7, 11) is 0. The molecule has 0 aliphatic heterocycles. The van der Waals surface area contributed by atoms with E-state index in [0.29, 0.717) is 0 Å². The fourth-order valence-electron chi connectivity index (χ4n) is 5.38. The maximum Gasteiger partial charge on any atom is 0.145 e. The lowest BCUT2D eigenvalue weighted by atomic mass is 9.91. The molecule has 0 amide bonds. The maximum atomic E-state index is 6.34. The second-order valence-electron chi connectivity index (χ2n) is 9.47. The lowest BCUT2D eigenvalue weighted by molar-refractivity contribution is 1.10. The third kappa shape index (κ3) is 3.64. The largest absolute Gasteiger partial charge is 0.398 e. The molecule has 2 N–H and O–H groups in total. The minimum Gasteiger partial charge on any atom is -0.398 e. The highest BCUT2D eigenvalue weighted by Crippen LogP contribution is 2.38. The second-order valence-corrected chi connectivity index (χ2v) is 9.47. The molecule has 0 aliphatic carbocycles. The monoisotopic (exact) mass is 487 g/mol. The Morgan fingerprint density at radius 2 is 1.08 bits per heavy atom. The number of aromatic nitrogens is 2. The van der Waals surface area contributed by atoms with Crippen LogP contribution in [0.1, 0.15) is 0 Å². The van der Waals surface area contributed by atoms with Crippen LogP contribution in [0.3, 0.4) is 0 Å². The predicted molar refractivity (Wildman–Crippen MR) is 159 cm³/mol. The summed E-state index contributed by atoms with van der Waals surface area (Å²) < 4.78 is 2.23. The van der Waals surface area contributed by atoms with Crippen molar-refractivity contribution in [1.29, 1.82) is 0 Å². The summed E-state index contributed by atoms with van der Waals surface area (Å²) in [5.41, 5.74) is 16.0. The van der Waals surface area contributed by atoms with Crippen LogP contribution in [-0.4, -0.2) is 9.55 Å². The summed E-state index contributed by atoms with van der Waals surface area (Å²) in [4.78, 5) is 5.02. The van der Waals surface area contributed by atoms with Crippen molar-refractivity contribution in [2.45, 2.75) is 0 Å². The van der Waals surface area contributed by atoms with E-state index in [2.05, 4.69) is 114 Å². The van der Waals surface area contributed by atoms with Gasteiger partial charge in [0.05, 0.1) is 11.0 Å². The molecule has 0 saturated heterocycles. The average molecular weight is 488 g/mol. The first-order chi connectivity index (χ1) is 18.8. The molecule has 38 heavy (non-hydrogen) atoms. The molecular weight excluding hydrogens is 462 g/mol. The smallest absolute Gasteiger partial charge is 0.145 e. The van der Waals surface area contributed by atoms with E-state index in [1.54, 1.807) is 0 Å². The van der Waals surface area contributed by atoms with E-state index < -0.39 is 0 Å². The number of rotatable bonds is 4. The Labute approximate surface area is 221 Å². The van der Waals surface area contributed by atoms with Crippen molar-refractivity contribution in [2.24, 2.45) is 0 Å². The van der Waals surface area contributed by atoms with E-state index in [4.69, 9.17) is 10.7 Å². The van der Waals surface area contributed by atoms with E-state index in [1.807, 2.05) is 30.3 Å². The topological polar surface area (TPSA) is 43.8 Å². The molecule has 3 heteroatoms. The number of anilines is 1. The van der Waals surface area contributed by atoms with Crippen molar-refractivity contribution in [3.05, 3.63) is 140 Å². The first-order valence-electron chi connectivity index (χ1n) is 12.8. The minimum atomic E-state index is 0.788. The Morgan fingerprint density at radius 3 is 1.87 bits per heavy atom. The van der Waals surface area contributed by atoms with Gasteiger partial charge in [-0.15, -0.1) is 0 Å². The molecule has 7 aromatic rings. The van der Waals surface area contributed by atoms with Gasteiger partial charge in [0, 0.05) is 22.5 Å². The molecule has 0 atom stereocenters. The van der Waals surface area contributed by atoms with Crippen LogP contribution in [0, 0.1) is 0 Å². The van der Waals surface area contributed by atoms with Gasteiger partial charge >= 0.3 is 0 Å². The normalized spacial score (nSPS) is 11.3. The Hall–Kier alpha value is -5.15. The van der Waals surface area contributed by atoms with Gasteiger partial charge in [-0.2, -0.15) is 0 Å². The van der Waals surface area contributed by atoms with Gasteiger partial charge in [-0.25, -0.2) is 4.98 Å². The summed E-state index contributed by atoms with van der Waals surface area (Å²) in [5, 5.41) is 2.40. The zero-order valence-corrected chi connectivity index (χ0v) is 20.8. The molecule has 1 heterocycles. The molecule has 180 valence electrons. The molecule has 0 spiro atoms. The van der Waals surface area contributed by atoms with E-state index in [1.165, 1.54) is 21.9 Å². The van der Waals surface area contributed by atoms with Gasteiger partial charge in [0.1, 0.15) is 5.82 Å². The molecule has 0 fully saturated rings. The summed E-state index contributed by atoms with van der Waals surface area (Å²) in [6, 6.07) is 48.5. The van der Waals surface area contributed by atoms with Crippen molar-refractivity contribution in [2.75, 3.05) is 5.73 Å².